The molecular weight excluding hydrogens is 396 g/mol. The average molecular weight is 409 g/mol. The lowest BCUT2D eigenvalue weighted by atomic mass is 10.1. The molecule has 4 rings (SSSR count). The summed E-state index contributed by atoms with van der Waals surface area (Å²) in [6.07, 6.45) is 0. The molecule has 3 aromatic carbocycles. The van der Waals surface area contributed by atoms with Crippen LogP contribution < -0.4 is 0 Å². The van der Waals surface area contributed by atoms with Crippen LogP contribution in [0.2, 0.25) is 0 Å². The summed E-state index contributed by atoms with van der Waals surface area (Å²) in [6.45, 7) is 0. The van der Waals surface area contributed by atoms with E-state index in [-0.39, 0.29) is 11.4 Å². The molecule has 0 aliphatic rings. The number of aromatic nitrogens is 1. The fourth-order valence-corrected chi connectivity index (χ4v) is 3.31. The molecule has 0 aliphatic heterocycles. The maximum absolute atomic E-state index is 10.9. The van der Waals surface area contributed by atoms with Crippen LogP contribution in [0.1, 0.15) is 0 Å². The lowest BCUT2D eigenvalue weighted by Gasteiger charge is -2.11. The summed E-state index contributed by atoms with van der Waals surface area (Å²) in [7, 11) is 0. The van der Waals surface area contributed by atoms with E-state index in [9.17, 15) is 15.2 Å². The highest BCUT2D eigenvalue weighted by molar-refractivity contribution is 9.10. The van der Waals surface area contributed by atoms with E-state index < -0.39 is 4.92 Å². The topological polar surface area (TPSA) is 68.3 Å². The van der Waals surface area contributed by atoms with Gasteiger partial charge in [0.15, 0.2) is 0 Å². The number of fused-ring (bicyclic) bond motifs is 1. The number of nitro groups is 1. The van der Waals surface area contributed by atoms with Crippen molar-refractivity contribution in [3.63, 3.8) is 0 Å². The Morgan fingerprint density at radius 3 is 2.31 bits per heavy atom. The molecule has 4 aromatic rings. The molecule has 0 amide bonds. The number of non-ortho nitro benzene ring substituents is 1. The minimum atomic E-state index is -0.417. The van der Waals surface area contributed by atoms with Gasteiger partial charge in [-0.15, -0.1) is 0 Å². The quantitative estimate of drug-likeness (QED) is 0.350. The number of aromatic hydroxyl groups is 1. The number of hydrogen-bond acceptors (Lipinski definition) is 3. The van der Waals surface area contributed by atoms with E-state index in [0.29, 0.717) is 0 Å². The maximum Gasteiger partial charge on any atom is 0.269 e. The fourth-order valence-electron chi connectivity index (χ4n) is 3.05. The molecule has 0 saturated heterocycles. The molecule has 0 bridgehead atoms. The highest BCUT2D eigenvalue weighted by atomic mass is 79.9. The first-order valence-electron chi connectivity index (χ1n) is 7.89. The molecule has 1 heterocycles. The molecule has 128 valence electrons. The van der Waals surface area contributed by atoms with Gasteiger partial charge >= 0.3 is 0 Å². The predicted molar refractivity (Wildman–Crippen MR) is 105 cm³/mol. The van der Waals surface area contributed by atoms with E-state index in [1.54, 1.807) is 24.3 Å². The third-order valence-corrected chi connectivity index (χ3v) is 4.81. The van der Waals surface area contributed by atoms with E-state index in [4.69, 9.17) is 0 Å². The minimum Gasteiger partial charge on any atom is -0.507 e. The molecule has 6 heteroatoms. The van der Waals surface area contributed by atoms with Gasteiger partial charge in [-0.2, -0.15) is 0 Å². The van der Waals surface area contributed by atoms with E-state index >= 15 is 0 Å². The highest BCUT2D eigenvalue weighted by Gasteiger charge is 2.15. The Hall–Kier alpha value is -3.12. The van der Waals surface area contributed by atoms with Crippen LogP contribution in [0.5, 0.6) is 5.75 Å². The van der Waals surface area contributed by atoms with Crippen LogP contribution in [-0.2, 0) is 0 Å². The molecule has 0 aliphatic carbocycles. The van der Waals surface area contributed by atoms with Gasteiger partial charge in [0.25, 0.3) is 5.69 Å². The fraction of sp³-hybridized carbons (Fsp3) is 0. The first kappa shape index (κ1) is 16.4. The molecule has 0 spiro atoms. The molecule has 0 saturated carbocycles. The molecule has 5 nitrogen and oxygen atoms in total. The summed E-state index contributed by atoms with van der Waals surface area (Å²) in [4.78, 5) is 10.5. The van der Waals surface area contributed by atoms with Crippen molar-refractivity contribution in [1.29, 1.82) is 0 Å². The monoisotopic (exact) mass is 408 g/mol. The Morgan fingerprint density at radius 2 is 1.65 bits per heavy atom. The lowest BCUT2D eigenvalue weighted by molar-refractivity contribution is -0.384. The van der Waals surface area contributed by atoms with Crippen LogP contribution in [0, 0.1) is 10.1 Å². The summed E-state index contributed by atoms with van der Waals surface area (Å²) in [6, 6.07) is 21.5. The number of benzene rings is 3. The van der Waals surface area contributed by atoms with Gasteiger partial charge < -0.3 is 9.67 Å². The SMILES string of the molecule is O=[N+]([O-])c1ccc(-c2cc3c(O)cccc3n2-c2ccc(Br)cc2)cc1. The van der Waals surface area contributed by atoms with Gasteiger partial charge in [0, 0.05) is 27.7 Å². The van der Waals surface area contributed by atoms with E-state index in [0.717, 1.165) is 32.3 Å². The van der Waals surface area contributed by atoms with Crippen molar-refractivity contribution in [2.75, 3.05) is 0 Å². The third kappa shape index (κ3) is 2.74. The molecule has 0 fully saturated rings. The number of halogens is 1. The van der Waals surface area contributed by atoms with Gasteiger partial charge in [-0.25, -0.2) is 0 Å². The normalized spacial score (nSPS) is 11.0. The Morgan fingerprint density at radius 1 is 0.962 bits per heavy atom. The second-order valence-electron chi connectivity index (χ2n) is 5.86. The van der Waals surface area contributed by atoms with Gasteiger partial charge in [0.2, 0.25) is 0 Å². The van der Waals surface area contributed by atoms with Crippen LogP contribution in [0.15, 0.2) is 77.3 Å². The van der Waals surface area contributed by atoms with E-state index in [1.165, 1.54) is 12.1 Å². The zero-order chi connectivity index (χ0) is 18.3. The first-order chi connectivity index (χ1) is 12.5. The zero-order valence-electron chi connectivity index (χ0n) is 13.5. The third-order valence-electron chi connectivity index (χ3n) is 4.28. The first-order valence-corrected chi connectivity index (χ1v) is 8.68. The Bertz CT molecular complexity index is 1120. The number of nitrogens with zero attached hydrogens (tertiary/aromatic N) is 2. The lowest BCUT2D eigenvalue weighted by Crippen LogP contribution is -1.96. The molecule has 0 unspecified atom stereocenters. The molecule has 0 radical (unpaired) electrons. The van der Waals surface area contributed by atoms with Gasteiger partial charge in [-0.3, -0.25) is 10.1 Å². The average Bonchev–Trinajstić information content (AvgIpc) is 3.03. The van der Waals surface area contributed by atoms with Crippen molar-refractivity contribution in [1.82, 2.24) is 4.57 Å². The number of hydrogen-bond donors (Lipinski definition) is 1. The predicted octanol–water partition coefficient (Wildman–Crippen LogP) is 5.67. The Kier molecular flexibility index (Phi) is 3.97. The van der Waals surface area contributed by atoms with Gasteiger partial charge in [-0.05, 0) is 60.2 Å². The minimum absolute atomic E-state index is 0.0444. The van der Waals surface area contributed by atoms with Gasteiger partial charge in [-0.1, -0.05) is 22.0 Å². The summed E-state index contributed by atoms with van der Waals surface area (Å²) in [5.74, 6) is 0.196. The van der Waals surface area contributed by atoms with Crippen LogP contribution in [0.25, 0.3) is 27.8 Å². The standard InChI is InChI=1S/C20H13BrN2O3/c21-14-6-10-15(11-7-14)22-18-2-1-3-20(24)17(18)12-19(22)13-4-8-16(9-5-13)23(25)26/h1-12,24H. The van der Waals surface area contributed by atoms with Crippen molar-refractivity contribution in [3.8, 4) is 22.7 Å². The number of nitro benzene ring substituents is 1. The van der Waals surface area contributed by atoms with Crippen LogP contribution >= 0.6 is 15.9 Å². The Balaban J connectivity index is 1.99. The van der Waals surface area contributed by atoms with Crippen LogP contribution in [0.3, 0.4) is 0 Å². The van der Waals surface area contributed by atoms with Crippen molar-refractivity contribution in [2.24, 2.45) is 0 Å². The van der Waals surface area contributed by atoms with Gasteiger partial charge in [0.1, 0.15) is 5.75 Å². The maximum atomic E-state index is 10.9. The Labute approximate surface area is 157 Å². The zero-order valence-corrected chi connectivity index (χ0v) is 15.1. The second-order valence-corrected chi connectivity index (χ2v) is 6.77. The molecule has 1 N–H and O–H groups in total. The summed E-state index contributed by atoms with van der Waals surface area (Å²) in [5.41, 5.74) is 3.51. The molecule has 26 heavy (non-hydrogen) atoms. The summed E-state index contributed by atoms with van der Waals surface area (Å²) >= 11 is 3.44. The summed E-state index contributed by atoms with van der Waals surface area (Å²) in [5, 5.41) is 21.9. The van der Waals surface area contributed by atoms with Crippen molar-refractivity contribution in [3.05, 3.63) is 87.4 Å². The summed E-state index contributed by atoms with van der Waals surface area (Å²) < 4.78 is 3.00. The molecule has 0 atom stereocenters. The smallest absolute Gasteiger partial charge is 0.269 e. The van der Waals surface area contributed by atoms with Gasteiger partial charge in [0.05, 0.1) is 16.1 Å². The molecular formula is C20H13BrN2O3. The van der Waals surface area contributed by atoms with Crippen molar-refractivity contribution >= 4 is 32.5 Å². The van der Waals surface area contributed by atoms with E-state index in [2.05, 4.69) is 15.9 Å². The van der Waals surface area contributed by atoms with Crippen molar-refractivity contribution < 1.29 is 10.0 Å². The number of phenolic OH excluding ortho intramolecular Hbond substituents is 1. The number of phenols is 1. The second kappa shape index (κ2) is 6.31. The van der Waals surface area contributed by atoms with Crippen molar-refractivity contribution in [2.45, 2.75) is 0 Å². The highest BCUT2D eigenvalue weighted by Crippen LogP contribution is 2.36. The van der Waals surface area contributed by atoms with E-state index in [1.807, 2.05) is 41.0 Å². The van der Waals surface area contributed by atoms with Crippen LogP contribution in [-0.4, -0.2) is 14.6 Å². The van der Waals surface area contributed by atoms with Crippen LogP contribution in [0.4, 0.5) is 5.69 Å². The molecule has 1 aromatic heterocycles. The largest absolute Gasteiger partial charge is 0.507 e. The number of rotatable bonds is 3.